The predicted molar refractivity (Wildman–Crippen MR) is 123 cm³/mol. The molecule has 0 unspecified atom stereocenters. The van der Waals surface area contributed by atoms with Crippen molar-refractivity contribution in [1.82, 2.24) is 9.38 Å². The van der Waals surface area contributed by atoms with Crippen LogP contribution in [0.5, 0.6) is 0 Å². The van der Waals surface area contributed by atoms with E-state index < -0.39 is 28.5 Å². The van der Waals surface area contributed by atoms with Gasteiger partial charge in [0.2, 0.25) is 0 Å². The van der Waals surface area contributed by atoms with E-state index in [4.69, 9.17) is 16.7 Å². The second-order valence-electron chi connectivity index (χ2n) is 7.50. The van der Waals surface area contributed by atoms with Gasteiger partial charge in [0.05, 0.1) is 27.7 Å². The lowest BCUT2D eigenvalue weighted by Gasteiger charge is -2.23. The lowest BCUT2D eigenvalue weighted by molar-refractivity contribution is 0.0696. The van der Waals surface area contributed by atoms with Crippen molar-refractivity contribution >= 4 is 39.1 Å². The number of benzene rings is 2. The fourth-order valence-corrected chi connectivity index (χ4v) is 5.14. The third kappa shape index (κ3) is 4.34. The van der Waals surface area contributed by atoms with E-state index in [1.165, 1.54) is 36.4 Å². The van der Waals surface area contributed by atoms with Crippen LogP contribution < -0.4 is 4.31 Å². The zero-order valence-electron chi connectivity index (χ0n) is 17.7. The van der Waals surface area contributed by atoms with Gasteiger partial charge >= 0.3 is 5.97 Å². The summed E-state index contributed by atoms with van der Waals surface area (Å²) in [5.74, 6) is -1.84. The Morgan fingerprint density at radius 3 is 2.50 bits per heavy atom. The first kappa shape index (κ1) is 23.7. The lowest BCUT2D eigenvalue weighted by Crippen LogP contribution is -2.31. The van der Waals surface area contributed by atoms with E-state index in [1.54, 1.807) is 29.7 Å². The highest BCUT2D eigenvalue weighted by molar-refractivity contribution is 7.92. The van der Waals surface area contributed by atoms with Gasteiger partial charge in [-0.2, -0.15) is 0 Å². The van der Waals surface area contributed by atoms with Crippen LogP contribution in [0, 0.1) is 12.7 Å². The molecule has 0 radical (unpaired) electrons. The fraction of sp³-hybridized carbons (Fsp3) is 0.130. The summed E-state index contributed by atoms with van der Waals surface area (Å²) in [5, 5.41) is 9.55. The number of hydrogen-bond donors (Lipinski definition) is 1. The predicted octanol–water partition coefficient (Wildman–Crippen LogP) is 5.00. The summed E-state index contributed by atoms with van der Waals surface area (Å²) in [6, 6.07) is 11.7. The zero-order valence-corrected chi connectivity index (χ0v) is 19.3. The molecule has 4 aromatic rings. The number of carboxylic acid groups (broad SMARTS) is 1. The highest BCUT2D eigenvalue weighted by Crippen LogP contribution is 2.30. The van der Waals surface area contributed by atoms with Gasteiger partial charge in [-0.15, -0.1) is 0 Å². The molecule has 11 heteroatoms. The summed E-state index contributed by atoms with van der Waals surface area (Å²) in [5.41, 5.74) is 0.988. The van der Waals surface area contributed by atoms with Gasteiger partial charge in [0.1, 0.15) is 18.1 Å². The van der Waals surface area contributed by atoms with E-state index in [9.17, 15) is 22.0 Å². The molecule has 0 fully saturated rings. The second-order valence-corrected chi connectivity index (χ2v) is 9.80. The maximum absolute atomic E-state index is 13.8. The Labute approximate surface area is 198 Å². The van der Waals surface area contributed by atoms with Crippen molar-refractivity contribution in [3.8, 4) is 0 Å². The van der Waals surface area contributed by atoms with Crippen LogP contribution in [0.1, 0.15) is 27.2 Å². The van der Waals surface area contributed by atoms with Crippen LogP contribution >= 0.6 is 11.6 Å². The summed E-state index contributed by atoms with van der Waals surface area (Å²) < 4.78 is 57.1. The van der Waals surface area contributed by atoms with E-state index in [1.807, 2.05) is 0 Å². The number of imidazole rings is 1. The van der Waals surface area contributed by atoms with Crippen molar-refractivity contribution in [2.75, 3.05) is 4.31 Å². The molecule has 176 valence electrons. The average molecular weight is 506 g/mol. The number of sulfonamides is 1. The summed E-state index contributed by atoms with van der Waals surface area (Å²) in [6.45, 7) is 0.350. The van der Waals surface area contributed by atoms with E-state index in [-0.39, 0.29) is 28.4 Å². The molecule has 0 amide bonds. The van der Waals surface area contributed by atoms with Gasteiger partial charge in [0.25, 0.3) is 10.0 Å². The molecule has 0 aliphatic heterocycles. The third-order valence-electron chi connectivity index (χ3n) is 5.30. The van der Waals surface area contributed by atoms with Crippen molar-refractivity contribution in [3.63, 3.8) is 0 Å². The number of alkyl halides is 1. The minimum absolute atomic E-state index is 0.0739. The maximum atomic E-state index is 13.8. The van der Waals surface area contributed by atoms with Crippen molar-refractivity contribution in [2.24, 2.45) is 0 Å². The topological polar surface area (TPSA) is 92.0 Å². The molecule has 0 atom stereocenters. The largest absolute Gasteiger partial charge is 0.478 e. The molecule has 7 nitrogen and oxygen atoms in total. The molecule has 4 rings (SSSR count). The minimum Gasteiger partial charge on any atom is -0.478 e. The molecule has 1 N–H and O–H groups in total. The number of carbonyl (C=O) groups is 1. The Morgan fingerprint density at radius 1 is 1.15 bits per heavy atom. The first-order valence-electron chi connectivity index (χ1n) is 9.95. The number of halogens is 3. The molecule has 0 aliphatic carbocycles. The van der Waals surface area contributed by atoms with E-state index in [2.05, 4.69) is 4.98 Å². The van der Waals surface area contributed by atoms with Crippen LogP contribution in [-0.4, -0.2) is 28.9 Å². The standard InChI is InChI=1S/C23H18ClF2N3O4S/c1-14-22(27-21-9-5-18(24)13-28(14)21)29(12-15-2-8-20(26)17(10-15)11-25)34(32,33)19-6-3-16(4-7-19)23(30)31/h2-10,13H,11-12H2,1H3,(H,30,31). The Morgan fingerprint density at radius 2 is 1.85 bits per heavy atom. The SMILES string of the molecule is Cc1c(N(Cc2ccc(F)c(CF)c2)S(=O)(=O)c2ccc(C(=O)O)cc2)nc2ccc(Cl)cn12. The van der Waals surface area contributed by atoms with Gasteiger partial charge in [-0.1, -0.05) is 17.7 Å². The zero-order chi connectivity index (χ0) is 24.6. The Kier molecular flexibility index (Phi) is 6.28. The van der Waals surface area contributed by atoms with E-state index in [0.717, 1.165) is 10.4 Å². The van der Waals surface area contributed by atoms with Crippen LogP contribution in [0.15, 0.2) is 65.7 Å². The van der Waals surface area contributed by atoms with Crippen LogP contribution in [0.4, 0.5) is 14.6 Å². The van der Waals surface area contributed by atoms with Crippen LogP contribution in [0.2, 0.25) is 5.02 Å². The molecule has 2 aromatic heterocycles. The molecule has 0 spiro atoms. The third-order valence-corrected chi connectivity index (χ3v) is 7.28. The number of aromatic carboxylic acids is 1. The number of aryl methyl sites for hydroxylation is 1. The summed E-state index contributed by atoms with van der Waals surface area (Å²) >= 11 is 6.08. The second kappa shape index (κ2) is 9.03. The van der Waals surface area contributed by atoms with Gasteiger partial charge in [0.15, 0.2) is 5.82 Å². The number of aromatic nitrogens is 2. The molecule has 0 saturated carbocycles. The van der Waals surface area contributed by atoms with Crippen molar-refractivity contribution < 1.29 is 27.1 Å². The van der Waals surface area contributed by atoms with Gasteiger partial charge < -0.3 is 9.51 Å². The molecule has 2 heterocycles. The number of hydrogen-bond acceptors (Lipinski definition) is 4. The van der Waals surface area contributed by atoms with Gasteiger partial charge in [-0.05, 0) is 61.0 Å². The summed E-state index contributed by atoms with van der Waals surface area (Å²) in [7, 11) is -4.26. The van der Waals surface area contributed by atoms with Crippen molar-refractivity contribution in [1.29, 1.82) is 0 Å². The minimum atomic E-state index is -4.26. The van der Waals surface area contributed by atoms with Crippen molar-refractivity contribution in [3.05, 3.63) is 94.0 Å². The molecule has 0 bridgehead atoms. The van der Waals surface area contributed by atoms with Crippen LogP contribution in [0.3, 0.4) is 0 Å². The first-order valence-corrected chi connectivity index (χ1v) is 11.8. The van der Waals surface area contributed by atoms with Crippen LogP contribution in [0.25, 0.3) is 5.65 Å². The number of fused-ring (bicyclic) bond motifs is 1. The number of anilines is 1. The molecule has 0 saturated heterocycles. The Balaban J connectivity index is 1.87. The van der Waals surface area contributed by atoms with Crippen molar-refractivity contribution in [2.45, 2.75) is 25.0 Å². The number of rotatable bonds is 7. The Hall–Kier alpha value is -3.50. The number of carboxylic acids is 1. The van der Waals surface area contributed by atoms with E-state index >= 15 is 0 Å². The molecule has 2 aromatic carbocycles. The highest BCUT2D eigenvalue weighted by Gasteiger charge is 2.30. The van der Waals surface area contributed by atoms with Gasteiger partial charge in [-0.25, -0.2) is 31.3 Å². The summed E-state index contributed by atoms with van der Waals surface area (Å²) in [4.78, 5) is 15.5. The number of pyridine rings is 1. The number of nitrogens with zero attached hydrogens (tertiary/aromatic N) is 3. The van der Waals surface area contributed by atoms with E-state index in [0.29, 0.717) is 21.9 Å². The molecular weight excluding hydrogens is 488 g/mol. The quantitative estimate of drug-likeness (QED) is 0.381. The maximum Gasteiger partial charge on any atom is 0.335 e. The fourth-order valence-electron chi connectivity index (χ4n) is 3.53. The molecule has 34 heavy (non-hydrogen) atoms. The normalized spacial score (nSPS) is 11.6. The molecular formula is C23H18ClF2N3O4S. The lowest BCUT2D eigenvalue weighted by atomic mass is 10.1. The van der Waals surface area contributed by atoms with Gasteiger partial charge in [-0.3, -0.25) is 0 Å². The van der Waals surface area contributed by atoms with Gasteiger partial charge in [0, 0.05) is 11.8 Å². The molecule has 0 aliphatic rings. The van der Waals surface area contributed by atoms with Crippen LogP contribution in [-0.2, 0) is 23.2 Å². The monoisotopic (exact) mass is 505 g/mol. The smallest absolute Gasteiger partial charge is 0.335 e. The summed E-state index contributed by atoms with van der Waals surface area (Å²) in [6.07, 6.45) is 1.59. The average Bonchev–Trinajstić information content (AvgIpc) is 3.13. The highest BCUT2D eigenvalue weighted by atomic mass is 35.5. The Bertz CT molecular complexity index is 1500. The first-order chi connectivity index (χ1) is 16.1.